The summed E-state index contributed by atoms with van der Waals surface area (Å²) in [6.45, 7) is 11.4. The molecule has 2 fully saturated rings. The summed E-state index contributed by atoms with van der Waals surface area (Å²) in [6.07, 6.45) is 2.97. The first kappa shape index (κ1) is 24.5. The van der Waals surface area contributed by atoms with E-state index in [-0.39, 0.29) is 29.5 Å². The van der Waals surface area contributed by atoms with E-state index in [0.717, 1.165) is 88.7 Å². The topological polar surface area (TPSA) is 69.1 Å². The predicted molar refractivity (Wildman–Crippen MR) is 131 cm³/mol. The van der Waals surface area contributed by atoms with Crippen LogP contribution < -0.4 is 10.2 Å². The van der Waals surface area contributed by atoms with Crippen LogP contribution in [0.15, 0.2) is 4.99 Å². The van der Waals surface area contributed by atoms with E-state index in [2.05, 4.69) is 57.3 Å². The van der Waals surface area contributed by atoms with Gasteiger partial charge in [0.2, 0.25) is 5.13 Å². The van der Waals surface area contributed by atoms with Crippen molar-refractivity contribution in [3.63, 3.8) is 0 Å². The minimum absolute atomic E-state index is 0. The summed E-state index contributed by atoms with van der Waals surface area (Å²) in [5, 5.41) is 4.55. The maximum absolute atomic E-state index is 5.59. The molecule has 0 aliphatic carbocycles. The Morgan fingerprint density at radius 1 is 1.21 bits per heavy atom. The first-order valence-electron chi connectivity index (χ1n) is 10.4. The summed E-state index contributed by atoms with van der Waals surface area (Å²) in [7, 11) is 4.33. The number of halogens is 1. The number of aliphatic imine (C=N–C) groups is 1. The first-order valence-corrected chi connectivity index (χ1v) is 11.2. The van der Waals surface area contributed by atoms with Crippen LogP contribution in [0.5, 0.6) is 0 Å². The van der Waals surface area contributed by atoms with Gasteiger partial charge >= 0.3 is 0 Å². The van der Waals surface area contributed by atoms with Gasteiger partial charge in [0.1, 0.15) is 5.82 Å². The molecule has 2 aliphatic heterocycles. The van der Waals surface area contributed by atoms with Gasteiger partial charge in [0, 0.05) is 69.4 Å². The van der Waals surface area contributed by atoms with E-state index in [1.54, 1.807) is 0 Å². The van der Waals surface area contributed by atoms with Crippen molar-refractivity contribution in [3.05, 3.63) is 5.82 Å². The number of nitrogens with one attached hydrogen (secondary N) is 1. The van der Waals surface area contributed by atoms with Crippen LogP contribution in [0.25, 0.3) is 0 Å². The third-order valence-electron chi connectivity index (χ3n) is 5.85. The number of aromatic nitrogens is 2. The van der Waals surface area contributed by atoms with E-state index in [1.165, 1.54) is 11.5 Å². The summed E-state index contributed by atoms with van der Waals surface area (Å²) in [5.74, 6) is 1.98. The highest BCUT2D eigenvalue weighted by molar-refractivity contribution is 14.0. The fourth-order valence-electron chi connectivity index (χ4n) is 3.77. The van der Waals surface area contributed by atoms with E-state index in [1.807, 2.05) is 0 Å². The number of likely N-dealkylation sites (N-methyl/N-ethyl adjacent to an activating group) is 1. The van der Waals surface area contributed by atoms with Crippen LogP contribution in [0.1, 0.15) is 32.5 Å². The standard InChI is InChI=1S/C19H35N7OS.HI/c1-5-16-22-18(28-23-16)26-11-9-25(10-12-26)17(20-6-2)21-15-19(24(3)4)7-13-27-14-8-19;/h5-15H2,1-4H3,(H,20,21);1H. The van der Waals surface area contributed by atoms with E-state index in [9.17, 15) is 0 Å². The van der Waals surface area contributed by atoms with Gasteiger partial charge in [0.05, 0.1) is 6.54 Å². The lowest BCUT2D eigenvalue weighted by Crippen LogP contribution is -2.54. The smallest absolute Gasteiger partial charge is 0.205 e. The average molecular weight is 538 g/mol. The average Bonchev–Trinajstić information content (AvgIpc) is 3.21. The molecular weight excluding hydrogens is 501 g/mol. The predicted octanol–water partition coefficient (Wildman–Crippen LogP) is 1.92. The van der Waals surface area contributed by atoms with Crippen molar-refractivity contribution in [3.8, 4) is 0 Å². The number of aryl methyl sites for hydroxylation is 1. The number of ether oxygens (including phenoxy) is 1. The number of piperazine rings is 1. The molecule has 0 saturated carbocycles. The Kier molecular flexibility index (Phi) is 9.83. The Bertz CT molecular complexity index is 640. The summed E-state index contributed by atoms with van der Waals surface area (Å²) in [5.41, 5.74) is 0.101. The van der Waals surface area contributed by atoms with Crippen LogP contribution in [-0.4, -0.2) is 97.2 Å². The zero-order chi connectivity index (χ0) is 20.0. The van der Waals surface area contributed by atoms with Gasteiger partial charge in [-0.15, -0.1) is 24.0 Å². The van der Waals surface area contributed by atoms with Crippen molar-refractivity contribution < 1.29 is 4.74 Å². The molecule has 1 aromatic heterocycles. The highest BCUT2D eigenvalue weighted by Gasteiger charge is 2.35. The number of rotatable bonds is 6. The lowest BCUT2D eigenvalue weighted by atomic mass is 9.89. The molecule has 0 unspecified atom stereocenters. The molecule has 10 heteroatoms. The van der Waals surface area contributed by atoms with Crippen molar-refractivity contribution in [2.45, 2.75) is 38.6 Å². The van der Waals surface area contributed by atoms with Gasteiger partial charge in [-0.2, -0.15) is 4.37 Å². The quantitative estimate of drug-likeness (QED) is 0.338. The highest BCUT2D eigenvalue weighted by atomic mass is 127. The number of anilines is 1. The number of nitrogens with zero attached hydrogens (tertiary/aromatic N) is 6. The Labute approximate surface area is 196 Å². The van der Waals surface area contributed by atoms with Gasteiger partial charge in [-0.25, -0.2) is 4.98 Å². The molecule has 8 nitrogen and oxygen atoms in total. The van der Waals surface area contributed by atoms with Gasteiger partial charge < -0.3 is 24.8 Å². The molecule has 166 valence electrons. The summed E-state index contributed by atoms with van der Waals surface area (Å²) >= 11 is 1.52. The Hall–Kier alpha value is -0.720. The maximum Gasteiger partial charge on any atom is 0.205 e. The zero-order valence-corrected chi connectivity index (χ0v) is 21.3. The van der Waals surface area contributed by atoms with E-state index < -0.39 is 0 Å². The molecule has 0 aromatic carbocycles. The van der Waals surface area contributed by atoms with Gasteiger partial charge in [-0.05, 0) is 33.9 Å². The number of hydrogen-bond acceptors (Lipinski definition) is 7. The second-order valence-corrected chi connectivity index (χ2v) is 8.45. The SMILES string of the molecule is CCNC(=NCC1(N(C)C)CCOCC1)N1CCN(c2nc(CC)ns2)CC1.I. The van der Waals surface area contributed by atoms with Crippen molar-refractivity contribution >= 4 is 46.6 Å². The van der Waals surface area contributed by atoms with Gasteiger partial charge in [0.25, 0.3) is 0 Å². The second kappa shape index (κ2) is 11.6. The largest absolute Gasteiger partial charge is 0.381 e. The van der Waals surface area contributed by atoms with Crippen LogP contribution in [-0.2, 0) is 11.2 Å². The Balaban J connectivity index is 0.00000300. The summed E-state index contributed by atoms with van der Waals surface area (Å²) in [4.78, 5) is 16.8. The van der Waals surface area contributed by atoms with Crippen molar-refractivity contribution in [1.82, 2.24) is 24.5 Å². The molecule has 0 bridgehead atoms. The summed E-state index contributed by atoms with van der Waals surface area (Å²) < 4.78 is 10.0. The normalized spacial score (nSPS) is 20.0. The van der Waals surface area contributed by atoms with E-state index >= 15 is 0 Å². The minimum Gasteiger partial charge on any atom is -0.381 e. The first-order chi connectivity index (χ1) is 13.6. The maximum atomic E-state index is 5.59. The minimum atomic E-state index is 0. The third kappa shape index (κ3) is 6.14. The lowest BCUT2D eigenvalue weighted by molar-refractivity contribution is -0.00264. The molecule has 1 aromatic rings. The third-order valence-corrected chi connectivity index (χ3v) is 6.67. The molecule has 0 atom stereocenters. The fourth-order valence-corrected chi connectivity index (χ4v) is 4.57. The molecule has 0 radical (unpaired) electrons. The molecule has 0 spiro atoms. The Morgan fingerprint density at radius 2 is 1.90 bits per heavy atom. The molecule has 3 rings (SSSR count). The van der Waals surface area contributed by atoms with Crippen molar-refractivity contribution in [2.75, 3.05) is 71.5 Å². The molecular formula is C19H36IN7OS. The summed E-state index contributed by atoms with van der Waals surface area (Å²) in [6, 6.07) is 0. The molecule has 2 aliphatic rings. The van der Waals surface area contributed by atoms with Gasteiger partial charge in [-0.1, -0.05) is 6.92 Å². The highest BCUT2D eigenvalue weighted by Crippen LogP contribution is 2.26. The van der Waals surface area contributed by atoms with E-state index in [0.29, 0.717) is 0 Å². The number of hydrogen-bond donors (Lipinski definition) is 1. The fraction of sp³-hybridized carbons (Fsp3) is 0.842. The van der Waals surface area contributed by atoms with Gasteiger partial charge in [0.15, 0.2) is 5.96 Å². The van der Waals surface area contributed by atoms with Crippen LogP contribution in [0.4, 0.5) is 5.13 Å². The Morgan fingerprint density at radius 3 is 2.45 bits per heavy atom. The molecule has 3 heterocycles. The number of guanidine groups is 1. The van der Waals surface area contributed by atoms with Crippen LogP contribution in [0.3, 0.4) is 0 Å². The zero-order valence-electron chi connectivity index (χ0n) is 18.2. The van der Waals surface area contributed by atoms with Crippen LogP contribution >= 0.6 is 35.5 Å². The molecule has 2 saturated heterocycles. The lowest BCUT2D eigenvalue weighted by Gasteiger charge is -2.42. The van der Waals surface area contributed by atoms with Crippen molar-refractivity contribution in [2.24, 2.45) is 4.99 Å². The van der Waals surface area contributed by atoms with Crippen molar-refractivity contribution in [1.29, 1.82) is 0 Å². The van der Waals surface area contributed by atoms with Crippen LogP contribution in [0.2, 0.25) is 0 Å². The molecule has 29 heavy (non-hydrogen) atoms. The monoisotopic (exact) mass is 537 g/mol. The molecule has 1 N–H and O–H groups in total. The van der Waals surface area contributed by atoms with E-state index in [4.69, 9.17) is 9.73 Å². The van der Waals surface area contributed by atoms with Gasteiger partial charge in [-0.3, -0.25) is 4.99 Å². The molecule has 0 amide bonds. The van der Waals surface area contributed by atoms with Crippen LogP contribution in [0, 0.1) is 0 Å². The second-order valence-electron chi connectivity index (χ2n) is 7.72.